The van der Waals surface area contributed by atoms with Crippen LogP contribution in [0.25, 0.3) is 0 Å². The number of piperazine rings is 1. The molecule has 0 saturated carbocycles. The molecule has 4 heteroatoms. The van der Waals surface area contributed by atoms with Gasteiger partial charge in [-0.25, -0.2) is 0 Å². The lowest BCUT2D eigenvalue weighted by molar-refractivity contribution is -0.138. The second-order valence-corrected chi connectivity index (χ2v) is 6.28. The van der Waals surface area contributed by atoms with E-state index < -0.39 is 0 Å². The second kappa shape index (κ2) is 6.10. The van der Waals surface area contributed by atoms with Gasteiger partial charge in [0.1, 0.15) is 0 Å². The summed E-state index contributed by atoms with van der Waals surface area (Å²) in [5.74, 6) is 2.92. The van der Waals surface area contributed by atoms with E-state index in [0.29, 0.717) is 23.9 Å². The van der Waals surface area contributed by atoms with Crippen molar-refractivity contribution in [2.24, 2.45) is 5.92 Å². The van der Waals surface area contributed by atoms with Gasteiger partial charge < -0.3 is 10.2 Å². The predicted molar refractivity (Wildman–Crippen MR) is 73.3 cm³/mol. The molecule has 0 spiro atoms. The van der Waals surface area contributed by atoms with Crippen LogP contribution in [0.3, 0.4) is 0 Å². The van der Waals surface area contributed by atoms with Gasteiger partial charge in [-0.05, 0) is 25.0 Å². The van der Waals surface area contributed by atoms with E-state index in [0.717, 1.165) is 43.9 Å². The Labute approximate surface area is 109 Å². The summed E-state index contributed by atoms with van der Waals surface area (Å²) >= 11 is 1.93. The lowest BCUT2D eigenvalue weighted by Crippen LogP contribution is -2.59. The van der Waals surface area contributed by atoms with Crippen molar-refractivity contribution in [2.75, 3.05) is 24.6 Å². The summed E-state index contributed by atoms with van der Waals surface area (Å²) < 4.78 is 0. The van der Waals surface area contributed by atoms with Gasteiger partial charge in [-0.1, -0.05) is 13.8 Å². The highest BCUT2D eigenvalue weighted by Crippen LogP contribution is 2.27. The Bertz CT molecular complexity index is 266. The Morgan fingerprint density at radius 1 is 1.41 bits per heavy atom. The number of hydrogen-bond donors (Lipinski definition) is 1. The molecule has 2 saturated heterocycles. The van der Waals surface area contributed by atoms with Crippen molar-refractivity contribution in [3.63, 3.8) is 0 Å². The predicted octanol–water partition coefficient (Wildman–Crippen LogP) is 1.73. The highest BCUT2D eigenvalue weighted by atomic mass is 32.2. The van der Waals surface area contributed by atoms with Crippen LogP contribution in [0.15, 0.2) is 0 Å². The van der Waals surface area contributed by atoms with Gasteiger partial charge >= 0.3 is 0 Å². The van der Waals surface area contributed by atoms with Crippen molar-refractivity contribution in [1.29, 1.82) is 0 Å². The van der Waals surface area contributed by atoms with E-state index in [9.17, 15) is 4.79 Å². The number of hydrogen-bond acceptors (Lipinski definition) is 3. The molecule has 0 aromatic heterocycles. The first-order valence-corrected chi connectivity index (χ1v) is 8.03. The summed E-state index contributed by atoms with van der Waals surface area (Å²) in [5, 5.41) is 3.55. The van der Waals surface area contributed by atoms with Crippen LogP contribution < -0.4 is 5.32 Å². The number of nitrogens with one attached hydrogen (secondary N) is 1. The van der Waals surface area contributed by atoms with Crippen molar-refractivity contribution in [1.82, 2.24) is 10.2 Å². The maximum atomic E-state index is 12.5. The van der Waals surface area contributed by atoms with Crippen molar-refractivity contribution < 1.29 is 4.79 Å². The van der Waals surface area contributed by atoms with Crippen LogP contribution in [0.5, 0.6) is 0 Å². The summed E-state index contributed by atoms with van der Waals surface area (Å²) in [5.41, 5.74) is 0. The number of nitrogens with zero attached hydrogens (tertiary/aromatic N) is 1. The van der Waals surface area contributed by atoms with Crippen molar-refractivity contribution in [3.05, 3.63) is 0 Å². The van der Waals surface area contributed by atoms with E-state index in [-0.39, 0.29) is 0 Å². The van der Waals surface area contributed by atoms with Crippen molar-refractivity contribution in [3.8, 4) is 0 Å². The maximum absolute atomic E-state index is 12.5. The third-order valence-electron chi connectivity index (χ3n) is 4.03. The molecule has 3 atom stereocenters. The average Bonchev–Trinajstić information content (AvgIpc) is 2.91. The molecule has 0 aromatic carbocycles. The molecule has 3 nitrogen and oxygen atoms in total. The summed E-state index contributed by atoms with van der Waals surface area (Å²) in [6.07, 6.45) is 3.26. The van der Waals surface area contributed by atoms with Crippen molar-refractivity contribution >= 4 is 17.7 Å². The lowest BCUT2D eigenvalue weighted by atomic mass is 10.0. The quantitative estimate of drug-likeness (QED) is 0.834. The minimum absolute atomic E-state index is 0.296. The van der Waals surface area contributed by atoms with Gasteiger partial charge in [0.15, 0.2) is 0 Å². The van der Waals surface area contributed by atoms with Gasteiger partial charge in [0.25, 0.3) is 0 Å². The molecule has 0 radical (unpaired) electrons. The lowest BCUT2D eigenvalue weighted by Gasteiger charge is -2.41. The SMILES string of the molecule is CCC1CN(C(=O)C2CCSC2)C(CC)CN1. The molecule has 2 aliphatic rings. The molecule has 2 rings (SSSR count). The fourth-order valence-electron chi connectivity index (χ4n) is 2.74. The zero-order valence-electron chi connectivity index (χ0n) is 10.9. The molecular weight excluding hydrogens is 232 g/mol. The van der Waals surface area contributed by atoms with Gasteiger partial charge in [-0.15, -0.1) is 0 Å². The van der Waals surface area contributed by atoms with Crippen LogP contribution in [0.4, 0.5) is 0 Å². The molecular formula is C13H24N2OS. The van der Waals surface area contributed by atoms with Crippen LogP contribution in [0.1, 0.15) is 33.1 Å². The largest absolute Gasteiger partial charge is 0.337 e. The Balaban J connectivity index is 2.00. The Hall–Kier alpha value is -0.220. The minimum Gasteiger partial charge on any atom is -0.337 e. The fraction of sp³-hybridized carbons (Fsp3) is 0.923. The summed E-state index contributed by atoms with van der Waals surface area (Å²) in [7, 11) is 0. The molecule has 2 fully saturated rings. The van der Waals surface area contributed by atoms with E-state index >= 15 is 0 Å². The van der Waals surface area contributed by atoms with E-state index in [2.05, 4.69) is 24.1 Å². The molecule has 0 bridgehead atoms. The maximum Gasteiger partial charge on any atom is 0.226 e. The van der Waals surface area contributed by atoms with Crippen LogP contribution in [0, 0.1) is 5.92 Å². The summed E-state index contributed by atoms with van der Waals surface area (Å²) in [6, 6.07) is 0.909. The fourth-order valence-corrected chi connectivity index (χ4v) is 3.95. The molecule has 1 amide bonds. The average molecular weight is 256 g/mol. The first-order valence-electron chi connectivity index (χ1n) is 6.87. The third kappa shape index (κ3) is 2.97. The van der Waals surface area contributed by atoms with Gasteiger partial charge in [0, 0.05) is 36.8 Å². The van der Waals surface area contributed by atoms with Gasteiger partial charge in [0.05, 0.1) is 0 Å². The van der Waals surface area contributed by atoms with E-state index in [1.807, 2.05) is 11.8 Å². The molecule has 2 aliphatic heterocycles. The molecule has 17 heavy (non-hydrogen) atoms. The number of carbonyl (C=O) groups is 1. The zero-order valence-corrected chi connectivity index (χ0v) is 11.8. The summed E-state index contributed by atoms with van der Waals surface area (Å²) in [6.45, 7) is 6.26. The Morgan fingerprint density at radius 2 is 2.24 bits per heavy atom. The molecule has 98 valence electrons. The minimum atomic E-state index is 0.296. The van der Waals surface area contributed by atoms with Gasteiger partial charge in [0.2, 0.25) is 5.91 Å². The molecule has 2 heterocycles. The number of rotatable bonds is 3. The topological polar surface area (TPSA) is 32.3 Å². The van der Waals surface area contributed by atoms with E-state index in [1.165, 1.54) is 0 Å². The van der Waals surface area contributed by atoms with Gasteiger partial charge in [-0.2, -0.15) is 11.8 Å². The normalized spacial score (nSPS) is 34.0. The molecule has 0 aliphatic carbocycles. The highest BCUT2D eigenvalue weighted by Gasteiger charge is 2.34. The first kappa shape index (κ1) is 13.2. The Kier molecular flexibility index (Phi) is 4.74. The van der Waals surface area contributed by atoms with E-state index in [4.69, 9.17) is 0 Å². The summed E-state index contributed by atoms with van der Waals surface area (Å²) in [4.78, 5) is 14.7. The zero-order chi connectivity index (χ0) is 12.3. The molecule has 0 aromatic rings. The number of thioether (sulfide) groups is 1. The third-order valence-corrected chi connectivity index (χ3v) is 5.19. The van der Waals surface area contributed by atoms with E-state index in [1.54, 1.807) is 0 Å². The number of carbonyl (C=O) groups excluding carboxylic acids is 1. The Morgan fingerprint density at radius 3 is 2.82 bits per heavy atom. The van der Waals surface area contributed by atoms with Crippen LogP contribution in [-0.2, 0) is 4.79 Å². The number of amides is 1. The standard InChI is InChI=1S/C13H24N2OS/c1-3-11-8-15(12(4-2)7-14-11)13(16)10-5-6-17-9-10/h10-12,14H,3-9H2,1-2H3. The van der Waals surface area contributed by atoms with Crippen molar-refractivity contribution in [2.45, 2.75) is 45.2 Å². The first-order chi connectivity index (χ1) is 8.26. The second-order valence-electron chi connectivity index (χ2n) is 5.13. The molecule has 3 unspecified atom stereocenters. The van der Waals surface area contributed by atoms with Gasteiger partial charge in [-0.3, -0.25) is 4.79 Å². The van der Waals surface area contributed by atoms with Crippen LogP contribution >= 0.6 is 11.8 Å². The smallest absolute Gasteiger partial charge is 0.226 e. The molecule has 1 N–H and O–H groups in total. The monoisotopic (exact) mass is 256 g/mol. The van der Waals surface area contributed by atoms with Crippen LogP contribution in [-0.4, -0.2) is 47.5 Å². The highest BCUT2D eigenvalue weighted by molar-refractivity contribution is 7.99. The van der Waals surface area contributed by atoms with Crippen LogP contribution in [0.2, 0.25) is 0 Å².